The highest BCUT2D eigenvalue weighted by atomic mass is 15.2. The van der Waals surface area contributed by atoms with E-state index in [9.17, 15) is 0 Å². The standard InChI is InChI=1S/C16H21N3/c17-11-14-2-1-3-16(10-14)19(15-4-5-15)12-13-6-8-18-9-7-13/h1-3,10,13,15,18H,4-9,12H2. The number of hydrogen-bond donors (Lipinski definition) is 1. The number of piperidine rings is 1. The van der Waals surface area contributed by atoms with Crippen LogP contribution in [0, 0.1) is 17.2 Å². The van der Waals surface area contributed by atoms with Gasteiger partial charge < -0.3 is 10.2 Å². The Labute approximate surface area is 115 Å². The Hall–Kier alpha value is -1.53. The zero-order valence-corrected chi connectivity index (χ0v) is 11.3. The second kappa shape index (κ2) is 5.63. The van der Waals surface area contributed by atoms with E-state index in [1.54, 1.807) is 0 Å². The molecule has 0 spiro atoms. The molecule has 1 aromatic carbocycles. The van der Waals surface area contributed by atoms with Crippen molar-refractivity contribution in [1.82, 2.24) is 5.32 Å². The van der Waals surface area contributed by atoms with Gasteiger partial charge in [0.1, 0.15) is 0 Å². The van der Waals surface area contributed by atoms with E-state index in [0.29, 0.717) is 6.04 Å². The summed E-state index contributed by atoms with van der Waals surface area (Å²) in [6.07, 6.45) is 5.17. The molecule has 1 saturated carbocycles. The molecule has 3 nitrogen and oxygen atoms in total. The zero-order valence-electron chi connectivity index (χ0n) is 11.3. The fraction of sp³-hybridized carbons (Fsp3) is 0.562. The lowest BCUT2D eigenvalue weighted by Crippen LogP contribution is -2.37. The van der Waals surface area contributed by atoms with Gasteiger partial charge in [0, 0.05) is 18.3 Å². The summed E-state index contributed by atoms with van der Waals surface area (Å²) in [7, 11) is 0. The second-order valence-electron chi connectivity index (χ2n) is 5.74. The average Bonchev–Trinajstić information content (AvgIpc) is 3.30. The maximum absolute atomic E-state index is 9.04. The highest BCUT2D eigenvalue weighted by Gasteiger charge is 2.31. The van der Waals surface area contributed by atoms with Gasteiger partial charge in [-0.2, -0.15) is 5.26 Å². The molecule has 1 aliphatic heterocycles. The van der Waals surface area contributed by atoms with Crippen molar-refractivity contribution >= 4 is 5.69 Å². The maximum atomic E-state index is 9.04. The predicted molar refractivity (Wildman–Crippen MR) is 77.1 cm³/mol. The molecule has 2 fully saturated rings. The topological polar surface area (TPSA) is 39.1 Å². The molecule has 0 bridgehead atoms. The van der Waals surface area contributed by atoms with Crippen molar-refractivity contribution in [2.45, 2.75) is 31.7 Å². The monoisotopic (exact) mass is 255 g/mol. The van der Waals surface area contributed by atoms with Crippen LogP contribution in [0.2, 0.25) is 0 Å². The smallest absolute Gasteiger partial charge is 0.0992 e. The van der Waals surface area contributed by atoms with Gasteiger partial charge in [-0.05, 0) is 62.9 Å². The number of hydrogen-bond acceptors (Lipinski definition) is 3. The average molecular weight is 255 g/mol. The Morgan fingerprint density at radius 3 is 2.68 bits per heavy atom. The van der Waals surface area contributed by atoms with E-state index in [-0.39, 0.29) is 0 Å². The Morgan fingerprint density at radius 2 is 2.00 bits per heavy atom. The van der Waals surface area contributed by atoms with E-state index in [0.717, 1.165) is 31.1 Å². The fourth-order valence-electron chi connectivity index (χ4n) is 2.95. The highest BCUT2D eigenvalue weighted by molar-refractivity contribution is 5.53. The first kappa shape index (κ1) is 12.5. The van der Waals surface area contributed by atoms with Gasteiger partial charge in [0.05, 0.1) is 11.6 Å². The minimum Gasteiger partial charge on any atom is -0.368 e. The third-order valence-electron chi connectivity index (χ3n) is 4.21. The van der Waals surface area contributed by atoms with Gasteiger partial charge in [-0.3, -0.25) is 0 Å². The molecular formula is C16H21N3. The largest absolute Gasteiger partial charge is 0.368 e. The highest BCUT2D eigenvalue weighted by Crippen LogP contribution is 2.33. The van der Waals surface area contributed by atoms with Crippen LogP contribution in [0.5, 0.6) is 0 Å². The van der Waals surface area contributed by atoms with E-state index < -0.39 is 0 Å². The Balaban J connectivity index is 1.74. The third kappa shape index (κ3) is 3.08. The van der Waals surface area contributed by atoms with Crippen LogP contribution in [0.4, 0.5) is 5.69 Å². The SMILES string of the molecule is N#Cc1cccc(N(CC2CCNCC2)C2CC2)c1. The van der Waals surface area contributed by atoms with E-state index in [1.807, 2.05) is 18.2 Å². The summed E-state index contributed by atoms with van der Waals surface area (Å²) in [5, 5.41) is 12.5. The molecule has 19 heavy (non-hydrogen) atoms. The molecule has 100 valence electrons. The summed E-state index contributed by atoms with van der Waals surface area (Å²) in [5.41, 5.74) is 2.01. The normalized spacial score (nSPS) is 19.9. The molecule has 1 heterocycles. The number of nitrogens with zero attached hydrogens (tertiary/aromatic N) is 2. The lowest BCUT2D eigenvalue weighted by atomic mass is 9.97. The summed E-state index contributed by atoms with van der Waals surface area (Å²) < 4.78 is 0. The van der Waals surface area contributed by atoms with Gasteiger partial charge >= 0.3 is 0 Å². The summed E-state index contributed by atoms with van der Waals surface area (Å²) in [5.74, 6) is 0.799. The van der Waals surface area contributed by atoms with Crippen molar-refractivity contribution in [3.05, 3.63) is 29.8 Å². The number of anilines is 1. The molecule has 2 aliphatic rings. The van der Waals surface area contributed by atoms with Gasteiger partial charge in [0.2, 0.25) is 0 Å². The second-order valence-corrected chi connectivity index (χ2v) is 5.74. The first-order valence-electron chi connectivity index (χ1n) is 7.34. The molecule has 1 aliphatic carbocycles. The van der Waals surface area contributed by atoms with Crippen LogP contribution in [-0.4, -0.2) is 25.7 Å². The maximum Gasteiger partial charge on any atom is 0.0992 e. The molecule has 1 aromatic rings. The first-order valence-corrected chi connectivity index (χ1v) is 7.34. The van der Waals surface area contributed by atoms with E-state index in [2.05, 4.69) is 22.4 Å². The lowest BCUT2D eigenvalue weighted by molar-refractivity contribution is 0.372. The Kier molecular flexibility index (Phi) is 3.70. The molecule has 0 atom stereocenters. The quantitative estimate of drug-likeness (QED) is 0.898. The van der Waals surface area contributed by atoms with Crippen LogP contribution >= 0.6 is 0 Å². The van der Waals surface area contributed by atoms with E-state index in [1.165, 1.54) is 31.4 Å². The third-order valence-corrected chi connectivity index (χ3v) is 4.21. The van der Waals surface area contributed by atoms with Gasteiger partial charge in [-0.15, -0.1) is 0 Å². The number of nitrogens with one attached hydrogen (secondary N) is 1. The minimum absolute atomic E-state index is 0.712. The molecule has 3 rings (SSSR count). The van der Waals surface area contributed by atoms with E-state index in [4.69, 9.17) is 5.26 Å². The molecule has 0 amide bonds. The van der Waals surface area contributed by atoms with Crippen LogP contribution in [0.1, 0.15) is 31.2 Å². The molecule has 1 saturated heterocycles. The molecular weight excluding hydrogens is 234 g/mol. The minimum atomic E-state index is 0.712. The van der Waals surface area contributed by atoms with Crippen LogP contribution < -0.4 is 10.2 Å². The van der Waals surface area contributed by atoms with Crippen LogP contribution in [0.25, 0.3) is 0 Å². The summed E-state index contributed by atoms with van der Waals surface area (Å²) in [4.78, 5) is 2.54. The lowest BCUT2D eigenvalue weighted by Gasteiger charge is -2.32. The van der Waals surface area contributed by atoms with Crippen LogP contribution in [0.3, 0.4) is 0 Å². The number of rotatable bonds is 4. The van der Waals surface area contributed by atoms with Crippen molar-refractivity contribution in [1.29, 1.82) is 5.26 Å². The van der Waals surface area contributed by atoms with Gasteiger partial charge in [0.15, 0.2) is 0 Å². The number of benzene rings is 1. The van der Waals surface area contributed by atoms with E-state index >= 15 is 0 Å². The Bertz CT molecular complexity index is 467. The van der Waals surface area contributed by atoms with Crippen LogP contribution in [0.15, 0.2) is 24.3 Å². The number of nitriles is 1. The summed E-state index contributed by atoms with van der Waals surface area (Å²) >= 11 is 0. The van der Waals surface area contributed by atoms with Crippen molar-refractivity contribution < 1.29 is 0 Å². The van der Waals surface area contributed by atoms with Gasteiger partial charge in [-0.25, -0.2) is 0 Å². The predicted octanol–water partition coefficient (Wildman–Crippen LogP) is 2.53. The van der Waals surface area contributed by atoms with Crippen molar-refractivity contribution in [3.63, 3.8) is 0 Å². The molecule has 0 radical (unpaired) electrons. The fourth-order valence-corrected chi connectivity index (χ4v) is 2.95. The van der Waals surface area contributed by atoms with Crippen LogP contribution in [-0.2, 0) is 0 Å². The first-order chi connectivity index (χ1) is 9.36. The van der Waals surface area contributed by atoms with Crippen molar-refractivity contribution in [2.75, 3.05) is 24.5 Å². The zero-order chi connectivity index (χ0) is 13.1. The van der Waals surface area contributed by atoms with Gasteiger partial charge in [-0.1, -0.05) is 6.07 Å². The molecule has 1 N–H and O–H groups in total. The molecule has 3 heteroatoms. The molecule has 0 unspecified atom stereocenters. The van der Waals surface area contributed by atoms with Gasteiger partial charge in [0.25, 0.3) is 0 Å². The van der Waals surface area contributed by atoms with Crippen molar-refractivity contribution in [3.8, 4) is 6.07 Å². The summed E-state index contributed by atoms with van der Waals surface area (Å²) in [6.45, 7) is 3.46. The Morgan fingerprint density at radius 1 is 1.21 bits per heavy atom. The van der Waals surface area contributed by atoms with Crippen molar-refractivity contribution in [2.24, 2.45) is 5.92 Å². The molecule has 0 aromatic heterocycles. The summed E-state index contributed by atoms with van der Waals surface area (Å²) in [6, 6.07) is 11.0.